The minimum absolute atomic E-state index is 0.0366. The van der Waals surface area contributed by atoms with Crippen LogP contribution in [0.5, 0.6) is 0 Å². The van der Waals surface area contributed by atoms with Gasteiger partial charge in [0.1, 0.15) is 0 Å². The molecule has 0 saturated carbocycles. The predicted octanol–water partition coefficient (Wildman–Crippen LogP) is 1.83. The second kappa shape index (κ2) is 7.57. The van der Waals surface area contributed by atoms with Gasteiger partial charge in [-0.15, -0.1) is 0 Å². The van der Waals surface area contributed by atoms with Crippen LogP contribution in [0.4, 0.5) is 0 Å². The Labute approximate surface area is 127 Å². The van der Waals surface area contributed by atoms with Crippen molar-refractivity contribution < 1.29 is 9.53 Å². The van der Waals surface area contributed by atoms with Crippen LogP contribution in [0.15, 0.2) is 30.3 Å². The van der Waals surface area contributed by atoms with E-state index in [0.29, 0.717) is 18.9 Å². The second-order valence-corrected chi connectivity index (χ2v) is 6.22. The zero-order chi connectivity index (χ0) is 15.2. The lowest BCUT2D eigenvalue weighted by Gasteiger charge is -2.21. The normalized spacial score (nSPS) is 20.0. The molecule has 0 spiro atoms. The molecule has 1 aromatic rings. The van der Waals surface area contributed by atoms with Crippen LogP contribution < -0.4 is 5.73 Å². The number of nitrogens with zero attached hydrogens (tertiary/aromatic N) is 1. The van der Waals surface area contributed by atoms with Crippen LogP contribution >= 0.6 is 0 Å². The van der Waals surface area contributed by atoms with Crippen molar-refractivity contribution in [3.8, 4) is 0 Å². The maximum atomic E-state index is 12.4. The number of rotatable bonds is 6. The second-order valence-electron chi connectivity index (χ2n) is 6.22. The Morgan fingerprint density at radius 1 is 1.38 bits per heavy atom. The average molecular weight is 290 g/mol. The summed E-state index contributed by atoms with van der Waals surface area (Å²) in [6, 6.07) is 9.46. The lowest BCUT2D eigenvalue weighted by Crippen LogP contribution is -2.44. The van der Waals surface area contributed by atoms with E-state index in [1.807, 2.05) is 35.2 Å². The number of likely N-dealkylation sites (tertiary alicyclic amines) is 1. The van der Waals surface area contributed by atoms with Gasteiger partial charge in [-0.05, 0) is 24.3 Å². The molecule has 1 aliphatic rings. The summed E-state index contributed by atoms with van der Waals surface area (Å²) >= 11 is 0. The fraction of sp³-hybridized carbons (Fsp3) is 0.588. The lowest BCUT2D eigenvalue weighted by atomic mass is 10.1. The number of hydrogen-bond donors (Lipinski definition) is 1. The molecule has 2 N–H and O–H groups in total. The van der Waals surface area contributed by atoms with Gasteiger partial charge in [-0.25, -0.2) is 0 Å². The molecule has 1 aromatic carbocycles. The SMILES string of the molecule is CC(C)CO[C@H]1CCN(C(=O)[C@@H](N)Cc2ccccc2)C1. The molecule has 1 saturated heterocycles. The Bertz CT molecular complexity index is 447. The smallest absolute Gasteiger partial charge is 0.239 e. The van der Waals surface area contributed by atoms with E-state index in [9.17, 15) is 4.79 Å². The molecule has 21 heavy (non-hydrogen) atoms. The third kappa shape index (κ3) is 4.83. The van der Waals surface area contributed by atoms with E-state index in [0.717, 1.165) is 25.1 Å². The maximum Gasteiger partial charge on any atom is 0.239 e. The van der Waals surface area contributed by atoms with E-state index in [2.05, 4.69) is 13.8 Å². The number of hydrogen-bond acceptors (Lipinski definition) is 3. The molecule has 2 rings (SSSR count). The highest BCUT2D eigenvalue weighted by molar-refractivity contribution is 5.82. The van der Waals surface area contributed by atoms with E-state index in [1.165, 1.54) is 0 Å². The number of carbonyl (C=O) groups is 1. The molecular weight excluding hydrogens is 264 g/mol. The standard InChI is InChI=1S/C17H26N2O2/c1-13(2)12-21-15-8-9-19(11-15)17(20)16(18)10-14-6-4-3-5-7-14/h3-7,13,15-16H,8-12,18H2,1-2H3/t15-,16-/m0/s1. The monoisotopic (exact) mass is 290 g/mol. The first kappa shape index (κ1) is 16.0. The Balaban J connectivity index is 1.81. The highest BCUT2D eigenvalue weighted by Crippen LogP contribution is 2.15. The van der Waals surface area contributed by atoms with Gasteiger partial charge in [0.15, 0.2) is 0 Å². The third-order valence-electron chi connectivity index (χ3n) is 3.74. The number of nitrogens with two attached hydrogens (primary N) is 1. The van der Waals surface area contributed by atoms with Crippen LogP contribution in [0, 0.1) is 5.92 Å². The molecule has 0 aromatic heterocycles. The summed E-state index contributed by atoms with van der Waals surface area (Å²) in [6.45, 7) is 6.45. The molecule has 1 aliphatic heterocycles. The zero-order valence-electron chi connectivity index (χ0n) is 13.0. The van der Waals surface area contributed by atoms with Crippen LogP contribution in [0.3, 0.4) is 0 Å². The van der Waals surface area contributed by atoms with Gasteiger partial charge in [0, 0.05) is 19.7 Å². The summed E-state index contributed by atoms with van der Waals surface area (Å²) in [5, 5.41) is 0. The van der Waals surface area contributed by atoms with E-state index < -0.39 is 6.04 Å². The van der Waals surface area contributed by atoms with E-state index in [4.69, 9.17) is 10.5 Å². The van der Waals surface area contributed by atoms with Crippen molar-refractivity contribution in [3.63, 3.8) is 0 Å². The lowest BCUT2D eigenvalue weighted by molar-refractivity contribution is -0.132. The van der Waals surface area contributed by atoms with Gasteiger partial charge < -0.3 is 15.4 Å². The van der Waals surface area contributed by atoms with Crippen LogP contribution in [-0.4, -0.2) is 42.6 Å². The number of benzene rings is 1. The number of carbonyl (C=O) groups excluding carboxylic acids is 1. The molecular formula is C17H26N2O2. The highest BCUT2D eigenvalue weighted by atomic mass is 16.5. The van der Waals surface area contributed by atoms with Gasteiger partial charge in [0.05, 0.1) is 12.1 Å². The summed E-state index contributed by atoms with van der Waals surface area (Å²) in [5.41, 5.74) is 7.17. The maximum absolute atomic E-state index is 12.4. The van der Waals surface area contributed by atoms with Crippen LogP contribution in [0.25, 0.3) is 0 Å². The van der Waals surface area contributed by atoms with Crippen molar-refractivity contribution in [1.82, 2.24) is 4.90 Å². The van der Waals surface area contributed by atoms with E-state index in [-0.39, 0.29) is 12.0 Å². The molecule has 0 radical (unpaired) electrons. The Kier molecular flexibility index (Phi) is 5.76. The number of amides is 1. The van der Waals surface area contributed by atoms with Crippen molar-refractivity contribution in [2.45, 2.75) is 38.8 Å². The minimum Gasteiger partial charge on any atom is -0.376 e. The summed E-state index contributed by atoms with van der Waals surface area (Å²) in [4.78, 5) is 14.2. The Hall–Kier alpha value is -1.39. The van der Waals surface area contributed by atoms with E-state index in [1.54, 1.807) is 0 Å². The highest BCUT2D eigenvalue weighted by Gasteiger charge is 2.29. The molecule has 4 heteroatoms. The molecule has 0 aliphatic carbocycles. The first-order chi connectivity index (χ1) is 10.1. The molecule has 1 amide bonds. The summed E-state index contributed by atoms with van der Waals surface area (Å²) < 4.78 is 5.81. The molecule has 1 fully saturated rings. The van der Waals surface area contributed by atoms with Crippen molar-refractivity contribution in [1.29, 1.82) is 0 Å². The van der Waals surface area contributed by atoms with Crippen LogP contribution in [-0.2, 0) is 16.0 Å². The summed E-state index contributed by atoms with van der Waals surface area (Å²) in [7, 11) is 0. The van der Waals surface area contributed by atoms with Gasteiger partial charge in [-0.3, -0.25) is 4.79 Å². The molecule has 0 unspecified atom stereocenters. The van der Waals surface area contributed by atoms with Crippen molar-refractivity contribution in [3.05, 3.63) is 35.9 Å². The fourth-order valence-electron chi connectivity index (χ4n) is 2.58. The van der Waals surface area contributed by atoms with Gasteiger partial charge in [-0.2, -0.15) is 0 Å². The zero-order valence-corrected chi connectivity index (χ0v) is 13.0. The van der Waals surface area contributed by atoms with Gasteiger partial charge in [0.25, 0.3) is 0 Å². The predicted molar refractivity (Wildman–Crippen MR) is 83.9 cm³/mol. The summed E-state index contributed by atoms with van der Waals surface area (Å²) in [6.07, 6.45) is 1.67. The first-order valence-electron chi connectivity index (χ1n) is 7.76. The van der Waals surface area contributed by atoms with E-state index >= 15 is 0 Å². The average Bonchev–Trinajstić information content (AvgIpc) is 2.94. The molecule has 2 atom stereocenters. The quantitative estimate of drug-likeness (QED) is 0.869. The van der Waals surface area contributed by atoms with Gasteiger partial charge in [-0.1, -0.05) is 44.2 Å². The Morgan fingerprint density at radius 2 is 2.10 bits per heavy atom. The summed E-state index contributed by atoms with van der Waals surface area (Å²) in [5.74, 6) is 0.560. The van der Waals surface area contributed by atoms with Crippen molar-refractivity contribution in [2.75, 3.05) is 19.7 Å². The molecule has 1 heterocycles. The fourth-order valence-corrected chi connectivity index (χ4v) is 2.58. The van der Waals surface area contributed by atoms with Gasteiger partial charge >= 0.3 is 0 Å². The van der Waals surface area contributed by atoms with Crippen molar-refractivity contribution in [2.24, 2.45) is 11.7 Å². The molecule has 4 nitrogen and oxygen atoms in total. The van der Waals surface area contributed by atoms with Crippen LogP contribution in [0.2, 0.25) is 0 Å². The topological polar surface area (TPSA) is 55.6 Å². The molecule has 0 bridgehead atoms. The first-order valence-corrected chi connectivity index (χ1v) is 7.76. The molecule has 116 valence electrons. The Morgan fingerprint density at radius 3 is 2.76 bits per heavy atom. The minimum atomic E-state index is -0.462. The van der Waals surface area contributed by atoms with Gasteiger partial charge in [0.2, 0.25) is 5.91 Å². The number of ether oxygens (including phenoxy) is 1. The third-order valence-corrected chi connectivity index (χ3v) is 3.74. The largest absolute Gasteiger partial charge is 0.376 e. The van der Waals surface area contributed by atoms with Crippen LogP contribution in [0.1, 0.15) is 25.8 Å². The van der Waals surface area contributed by atoms with Crippen molar-refractivity contribution >= 4 is 5.91 Å².